The van der Waals surface area contributed by atoms with Crippen LogP contribution in [-0.4, -0.2) is 46.2 Å². The largest absolute Gasteiger partial charge is 0.461 e. The van der Waals surface area contributed by atoms with E-state index in [9.17, 15) is 4.79 Å². The highest BCUT2D eigenvalue weighted by molar-refractivity contribution is 6.31. The number of dihydropyridines is 1. The predicted octanol–water partition coefficient (Wildman–Crippen LogP) is 2.93. The Labute approximate surface area is 163 Å². The summed E-state index contributed by atoms with van der Waals surface area (Å²) in [5.41, 5.74) is 2.75. The molecular weight excluding hydrogens is 366 g/mol. The number of carbonyl (C=O) groups is 1. The minimum Gasteiger partial charge on any atom is -0.461 e. The van der Waals surface area contributed by atoms with Crippen molar-refractivity contribution in [2.45, 2.75) is 33.2 Å². The fraction of sp³-hybridized carbons (Fsp3) is 0.421. The molecule has 0 saturated carbocycles. The van der Waals surface area contributed by atoms with E-state index < -0.39 is 5.97 Å². The van der Waals surface area contributed by atoms with E-state index in [1.54, 1.807) is 29.8 Å². The van der Waals surface area contributed by atoms with Gasteiger partial charge in [-0.1, -0.05) is 11.6 Å². The molecule has 27 heavy (non-hydrogen) atoms. The summed E-state index contributed by atoms with van der Waals surface area (Å²) < 4.78 is 6.73. The molecule has 144 valence electrons. The number of amidine groups is 1. The Balaban J connectivity index is 1.71. The molecule has 3 heterocycles. The van der Waals surface area contributed by atoms with Crippen molar-refractivity contribution >= 4 is 23.4 Å². The molecule has 3 rings (SSSR count). The van der Waals surface area contributed by atoms with Crippen LogP contribution >= 0.6 is 11.6 Å². The third-order valence-corrected chi connectivity index (χ3v) is 4.65. The minimum atomic E-state index is -0.428. The van der Waals surface area contributed by atoms with Crippen LogP contribution in [0.25, 0.3) is 0 Å². The van der Waals surface area contributed by atoms with E-state index in [0.29, 0.717) is 29.7 Å². The molecule has 2 N–H and O–H groups in total. The zero-order valence-electron chi connectivity index (χ0n) is 15.6. The Bertz CT molecular complexity index is 831. The average Bonchev–Trinajstić information content (AvgIpc) is 3.25. The molecule has 7 nitrogen and oxygen atoms in total. The van der Waals surface area contributed by atoms with Crippen molar-refractivity contribution in [1.29, 1.82) is 5.41 Å². The van der Waals surface area contributed by atoms with Gasteiger partial charge in [-0.3, -0.25) is 10.1 Å². The van der Waals surface area contributed by atoms with Gasteiger partial charge in [0.15, 0.2) is 5.69 Å². The van der Waals surface area contributed by atoms with Crippen molar-refractivity contribution in [2.24, 2.45) is 0 Å². The van der Waals surface area contributed by atoms with Crippen molar-refractivity contribution in [3.63, 3.8) is 0 Å². The molecule has 1 saturated heterocycles. The molecular formula is C19H24ClN5O2. The maximum Gasteiger partial charge on any atom is 0.358 e. The van der Waals surface area contributed by atoms with Gasteiger partial charge in [0.05, 0.1) is 13.2 Å². The first-order valence-electron chi connectivity index (χ1n) is 9.08. The van der Waals surface area contributed by atoms with Crippen molar-refractivity contribution in [2.75, 3.05) is 19.7 Å². The number of rotatable bonds is 5. The van der Waals surface area contributed by atoms with Gasteiger partial charge in [0.2, 0.25) is 0 Å². The molecule has 0 aromatic carbocycles. The van der Waals surface area contributed by atoms with Crippen LogP contribution in [0.4, 0.5) is 0 Å². The normalized spacial score (nSPS) is 18.2. The lowest BCUT2D eigenvalue weighted by molar-refractivity contribution is 0.0518. The standard InChI is InChI=1S/C19H24ClN5O2/c1-3-27-19(26)17-8-13(2)25(23-17)12-16-10-14(20)9-15(22-16)11-18(21)24-6-4-5-7-24/h8-11,21-22H,3-7,12H2,1-2H3/b15-11-,21-18?. The maximum absolute atomic E-state index is 11.9. The topological polar surface area (TPSA) is 83.2 Å². The molecule has 0 spiro atoms. The summed E-state index contributed by atoms with van der Waals surface area (Å²) in [5.74, 6) is 0.0549. The van der Waals surface area contributed by atoms with Gasteiger partial charge in [-0.25, -0.2) is 4.79 Å². The van der Waals surface area contributed by atoms with E-state index in [2.05, 4.69) is 15.3 Å². The van der Waals surface area contributed by atoms with Crippen LogP contribution in [0.2, 0.25) is 0 Å². The average molecular weight is 390 g/mol. The fourth-order valence-electron chi connectivity index (χ4n) is 3.11. The highest BCUT2D eigenvalue weighted by Gasteiger charge is 2.17. The van der Waals surface area contributed by atoms with Gasteiger partial charge in [0, 0.05) is 41.3 Å². The monoisotopic (exact) mass is 389 g/mol. The number of allylic oxidation sites excluding steroid dienone is 4. The van der Waals surface area contributed by atoms with Gasteiger partial charge in [0.25, 0.3) is 0 Å². The highest BCUT2D eigenvalue weighted by atomic mass is 35.5. The Morgan fingerprint density at radius 1 is 1.41 bits per heavy atom. The third kappa shape index (κ3) is 4.80. The molecule has 8 heteroatoms. The number of carbonyl (C=O) groups excluding carboxylic acids is 1. The molecule has 0 amide bonds. The first-order valence-corrected chi connectivity index (χ1v) is 9.45. The van der Waals surface area contributed by atoms with E-state index >= 15 is 0 Å². The molecule has 0 unspecified atom stereocenters. The van der Waals surface area contributed by atoms with Crippen molar-refractivity contribution in [3.8, 4) is 0 Å². The van der Waals surface area contributed by atoms with Gasteiger partial charge >= 0.3 is 5.97 Å². The minimum absolute atomic E-state index is 0.291. The SMILES string of the molecule is CCOC(=O)c1cc(C)n(CC2=CC(Cl)=C/C(=C/C(=N)N3CCCC3)N2)n1. The van der Waals surface area contributed by atoms with E-state index in [-0.39, 0.29) is 0 Å². The predicted molar refractivity (Wildman–Crippen MR) is 105 cm³/mol. The van der Waals surface area contributed by atoms with Crippen molar-refractivity contribution < 1.29 is 9.53 Å². The second-order valence-corrected chi connectivity index (χ2v) is 6.99. The molecule has 0 bridgehead atoms. The molecule has 0 aliphatic carbocycles. The summed E-state index contributed by atoms with van der Waals surface area (Å²) in [6, 6.07) is 1.71. The lowest BCUT2D eigenvalue weighted by atomic mass is 10.2. The second kappa shape index (κ2) is 8.43. The van der Waals surface area contributed by atoms with Gasteiger partial charge < -0.3 is 15.0 Å². The van der Waals surface area contributed by atoms with Crippen LogP contribution in [0, 0.1) is 12.3 Å². The Kier molecular flexibility index (Phi) is 6.01. The van der Waals surface area contributed by atoms with E-state index in [4.69, 9.17) is 21.7 Å². The molecule has 1 fully saturated rings. The Hall–Kier alpha value is -2.54. The van der Waals surface area contributed by atoms with Crippen LogP contribution in [0.1, 0.15) is 35.9 Å². The maximum atomic E-state index is 11.9. The summed E-state index contributed by atoms with van der Waals surface area (Å²) in [5, 5.41) is 16.5. The number of aromatic nitrogens is 2. The van der Waals surface area contributed by atoms with Gasteiger partial charge in [-0.05, 0) is 44.9 Å². The van der Waals surface area contributed by atoms with Crippen molar-refractivity contribution in [3.05, 3.63) is 52.1 Å². The first-order chi connectivity index (χ1) is 13.0. The summed E-state index contributed by atoms with van der Waals surface area (Å²) in [7, 11) is 0. The quantitative estimate of drug-likeness (QED) is 0.459. The van der Waals surface area contributed by atoms with Crippen LogP contribution < -0.4 is 5.32 Å². The van der Waals surface area contributed by atoms with Crippen LogP contribution in [0.15, 0.2) is 40.7 Å². The fourth-order valence-corrected chi connectivity index (χ4v) is 3.36. The van der Waals surface area contributed by atoms with Crippen molar-refractivity contribution in [1.82, 2.24) is 20.0 Å². The second-order valence-electron chi connectivity index (χ2n) is 6.55. The lowest BCUT2D eigenvalue weighted by Crippen LogP contribution is -2.27. The first kappa shape index (κ1) is 19.2. The number of hydrogen-bond donors (Lipinski definition) is 2. The Morgan fingerprint density at radius 2 is 2.15 bits per heavy atom. The van der Waals surface area contributed by atoms with Crippen LogP contribution in [0.5, 0.6) is 0 Å². The van der Waals surface area contributed by atoms with E-state index in [1.165, 1.54) is 0 Å². The van der Waals surface area contributed by atoms with Gasteiger partial charge in [0.1, 0.15) is 5.84 Å². The molecule has 0 atom stereocenters. The molecule has 2 aliphatic rings. The Morgan fingerprint density at radius 3 is 2.85 bits per heavy atom. The number of esters is 1. The summed E-state index contributed by atoms with van der Waals surface area (Å²) in [4.78, 5) is 13.9. The number of aryl methyl sites for hydroxylation is 1. The number of nitrogens with zero attached hydrogens (tertiary/aromatic N) is 3. The summed E-state index contributed by atoms with van der Waals surface area (Å²) in [6.07, 6.45) is 7.67. The molecule has 0 radical (unpaired) electrons. The third-order valence-electron chi connectivity index (χ3n) is 4.44. The number of halogens is 1. The molecule has 2 aliphatic heterocycles. The number of nitrogens with one attached hydrogen (secondary N) is 2. The lowest BCUT2D eigenvalue weighted by Gasteiger charge is -2.20. The highest BCUT2D eigenvalue weighted by Crippen LogP contribution is 2.19. The van der Waals surface area contributed by atoms with E-state index in [1.807, 2.05) is 13.0 Å². The number of hydrogen-bond acceptors (Lipinski definition) is 5. The van der Waals surface area contributed by atoms with Gasteiger partial charge in [-0.2, -0.15) is 5.10 Å². The van der Waals surface area contributed by atoms with Gasteiger partial charge in [-0.15, -0.1) is 0 Å². The zero-order valence-corrected chi connectivity index (χ0v) is 16.3. The van der Waals surface area contributed by atoms with E-state index in [0.717, 1.165) is 43.0 Å². The number of ether oxygens (including phenoxy) is 1. The summed E-state index contributed by atoms with van der Waals surface area (Å²) in [6.45, 7) is 6.24. The number of likely N-dealkylation sites (tertiary alicyclic amines) is 1. The smallest absolute Gasteiger partial charge is 0.358 e. The van der Waals surface area contributed by atoms with Crippen LogP contribution in [-0.2, 0) is 11.3 Å². The molecule has 1 aromatic heterocycles. The zero-order chi connectivity index (χ0) is 19.4. The summed E-state index contributed by atoms with van der Waals surface area (Å²) >= 11 is 6.27. The van der Waals surface area contributed by atoms with Crippen LogP contribution in [0.3, 0.4) is 0 Å². The molecule has 1 aromatic rings.